The highest BCUT2D eigenvalue weighted by Crippen LogP contribution is 2.29. The molecule has 1 saturated carbocycles. The van der Waals surface area contributed by atoms with Crippen molar-refractivity contribution in [3.05, 3.63) is 58.7 Å². The molecule has 1 fully saturated rings. The zero-order valence-corrected chi connectivity index (χ0v) is 21.9. The second kappa shape index (κ2) is 11.4. The van der Waals surface area contributed by atoms with Gasteiger partial charge in [0.05, 0.1) is 24.1 Å². The number of hydrogen-bond acceptors (Lipinski definition) is 4. The lowest BCUT2D eigenvalue weighted by atomic mass is 9.95. The van der Waals surface area contributed by atoms with Crippen LogP contribution in [0.3, 0.4) is 0 Å². The van der Waals surface area contributed by atoms with E-state index in [4.69, 9.17) is 4.74 Å². The van der Waals surface area contributed by atoms with E-state index in [1.54, 1.807) is 24.3 Å². The molecular formula is C27H38N2O4S. The van der Waals surface area contributed by atoms with Gasteiger partial charge in [-0.15, -0.1) is 0 Å². The van der Waals surface area contributed by atoms with Gasteiger partial charge >= 0.3 is 0 Å². The Morgan fingerprint density at radius 2 is 1.65 bits per heavy atom. The molecule has 0 aliphatic heterocycles. The summed E-state index contributed by atoms with van der Waals surface area (Å²) in [5, 5.41) is 3.04. The second-order valence-corrected chi connectivity index (χ2v) is 11.2. The van der Waals surface area contributed by atoms with E-state index in [0.717, 1.165) is 43.2 Å². The lowest BCUT2D eigenvalue weighted by Crippen LogP contribution is -2.47. The predicted molar refractivity (Wildman–Crippen MR) is 136 cm³/mol. The standard InChI is InChI=1S/C27H38N2O4S/c1-6-33-24-12-14-25(15-13-24)34(31,32)29(23-10-8-7-9-11-23)18-27(30)28-22(5)26-17-20(3)19(2)16-21(26)4/h12-17,22-23H,6-11,18H2,1-5H3,(H,28,30)/t22-/m0/s1. The van der Waals surface area contributed by atoms with E-state index >= 15 is 0 Å². The lowest BCUT2D eigenvalue weighted by Gasteiger charge is -2.33. The molecule has 1 atom stereocenters. The molecule has 7 heteroatoms. The van der Waals surface area contributed by atoms with E-state index in [1.165, 1.54) is 15.4 Å². The van der Waals surface area contributed by atoms with Crippen LogP contribution in [0.5, 0.6) is 5.75 Å². The highest BCUT2D eigenvalue weighted by Gasteiger charge is 2.34. The molecular weight excluding hydrogens is 448 g/mol. The molecule has 0 unspecified atom stereocenters. The van der Waals surface area contributed by atoms with Crippen LogP contribution in [-0.2, 0) is 14.8 Å². The van der Waals surface area contributed by atoms with E-state index in [-0.39, 0.29) is 29.4 Å². The topological polar surface area (TPSA) is 75.7 Å². The fourth-order valence-corrected chi connectivity index (χ4v) is 6.39. The summed E-state index contributed by atoms with van der Waals surface area (Å²) in [6.45, 7) is 10.3. The van der Waals surface area contributed by atoms with Gasteiger partial charge in [0.2, 0.25) is 15.9 Å². The molecule has 0 aromatic heterocycles. The summed E-state index contributed by atoms with van der Waals surface area (Å²) in [7, 11) is -3.83. The molecule has 3 rings (SSSR count). The Bertz CT molecular complexity index is 1090. The molecule has 2 aromatic rings. The zero-order chi connectivity index (χ0) is 24.9. The van der Waals surface area contributed by atoms with Crippen LogP contribution in [0.25, 0.3) is 0 Å². The predicted octanol–water partition coefficient (Wildman–Crippen LogP) is 5.21. The van der Waals surface area contributed by atoms with Gasteiger partial charge in [-0.2, -0.15) is 4.31 Å². The maximum Gasteiger partial charge on any atom is 0.243 e. The van der Waals surface area contributed by atoms with Crippen molar-refractivity contribution in [2.24, 2.45) is 0 Å². The van der Waals surface area contributed by atoms with Crippen molar-refractivity contribution in [1.82, 2.24) is 9.62 Å². The van der Waals surface area contributed by atoms with E-state index < -0.39 is 10.0 Å². The van der Waals surface area contributed by atoms with Crippen molar-refractivity contribution < 1.29 is 17.9 Å². The summed E-state index contributed by atoms with van der Waals surface area (Å²) in [6.07, 6.45) is 4.59. The Kier molecular flexibility index (Phi) is 8.77. The summed E-state index contributed by atoms with van der Waals surface area (Å²) >= 11 is 0. The number of benzene rings is 2. The third-order valence-corrected chi connectivity index (χ3v) is 8.66. The average Bonchev–Trinajstić information content (AvgIpc) is 2.81. The first-order valence-corrected chi connectivity index (χ1v) is 13.7. The summed E-state index contributed by atoms with van der Waals surface area (Å²) in [5.41, 5.74) is 4.55. The number of ether oxygens (including phenoxy) is 1. The van der Waals surface area contributed by atoms with Crippen LogP contribution >= 0.6 is 0 Å². The number of rotatable bonds is 9. The van der Waals surface area contributed by atoms with Gasteiger partial charge in [-0.1, -0.05) is 31.4 Å². The van der Waals surface area contributed by atoms with Gasteiger partial charge in [-0.05, 0) is 94.0 Å². The number of carbonyl (C=O) groups is 1. The van der Waals surface area contributed by atoms with Crippen molar-refractivity contribution >= 4 is 15.9 Å². The maximum absolute atomic E-state index is 13.6. The Labute approximate surface area is 204 Å². The smallest absolute Gasteiger partial charge is 0.243 e. The lowest BCUT2D eigenvalue weighted by molar-refractivity contribution is -0.122. The first-order chi connectivity index (χ1) is 16.1. The summed E-state index contributed by atoms with van der Waals surface area (Å²) < 4.78 is 34.1. The van der Waals surface area contributed by atoms with Crippen LogP contribution in [0.2, 0.25) is 0 Å². The number of nitrogens with one attached hydrogen (secondary N) is 1. The Morgan fingerprint density at radius 1 is 1.03 bits per heavy atom. The molecule has 1 amide bonds. The van der Waals surface area contributed by atoms with Gasteiger partial charge in [-0.3, -0.25) is 4.79 Å². The van der Waals surface area contributed by atoms with Crippen molar-refractivity contribution in [3.8, 4) is 5.75 Å². The Hall–Kier alpha value is -2.38. The van der Waals surface area contributed by atoms with Crippen LogP contribution < -0.4 is 10.1 Å². The molecule has 1 N–H and O–H groups in total. The first kappa shape index (κ1) is 26.2. The van der Waals surface area contributed by atoms with Crippen LogP contribution in [0.1, 0.15) is 74.2 Å². The largest absolute Gasteiger partial charge is 0.494 e. The molecule has 186 valence electrons. The normalized spacial score (nSPS) is 15.8. The average molecular weight is 487 g/mol. The zero-order valence-electron chi connectivity index (χ0n) is 21.1. The van der Waals surface area contributed by atoms with Crippen LogP contribution in [0, 0.1) is 20.8 Å². The summed E-state index contributed by atoms with van der Waals surface area (Å²) in [4.78, 5) is 13.3. The molecule has 0 saturated heterocycles. The fraction of sp³-hybridized carbons (Fsp3) is 0.519. The quantitative estimate of drug-likeness (QED) is 0.528. The molecule has 34 heavy (non-hydrogen) atoms. The first-order valence-electron chi connectivity index (χ1n) is 12.2. The van der Waals surface area contributed by atoms with Crippen molar-refractivity contribution in [2.45, 2.75) is 83.7 Å². The summed E-state index contributed by atoms with van der Waals surface area (Å²) in [5.74, 6) is 0.339. The minimum Gasteiger partial charge on any atom is -0.494 e. The van der Waals surface area contributed by atoms with Gasteiger partial charge in [0.15, 0.2) is 0 Å². The van der Waals surface area contributed by atoms with Crippen LogP contribution in [-0.4, -0.2) is 37.8 Å². The molecule has 0 heterocycles. The van der Waals surface area contributed by atoms with Crippen molar-refractivity contribution in [1.29, 1.82) is 0 Å². The highest BCUT2D eigenvalue weighted by molar-refractivity contribution is 7.89. The molecule has 6 nitrogen and oxygen atoms in total. The minimum atomic E-state index is -3.83. The summed E-state index contributed by atoms with van der Waals surface area (Å²) in [6, 6.07) is 10.3. The highest BCUT2D eigenvalue weighted by atomic mass is 32.2. The van der Waals surface area contributed by atoms with Crippen LogP contribution in [0.15, 0.2) is 41.3 Å². The number of carbonyl (C=O) groups excluding carboxylic acids is 1. The number of nitrogens with zero attached hydrogens (tertiary/aromatic N) is 1. The Balaban J connectivity index is 1.82. The molecule has 1 aliphatic carbocycles. The number of hydrogen-bond donors (Lipinski definition) is 1. The molecule has 0 spiro atoms. The number of sulfonamides is 1. The van der Waals surface area contributed by atoms with Gasteiger partial charge in [0, 0.05) is 6.04 Å². The second-order valence-electron chi connectivity index (χ2n) is 9.33. The van der Waals surface area contributed by atoms with E-state index in [9.17, 15) is 13.2 Å². The maximum atomic E-state index is 13.6. The molecule has 0 radical (unpaired) electrons. The fourth-order valence-electron chi connectivity index (χ4n) is 4.75. The molecule has 1 aliphatic rings. The van der Waals surface area contributed by atoms with Gasteiger partial charge < -0.3 is 10.1 Å². The van der Waals surface area contributed by atoms with Gasteiger partial charge in [-0.25, -0.2) is 8.42 Å². The number of aryl methyl sites for hydroxylation is 3. The Morgan fingerprint density at radius 3 is 2.26 bits per heavy atom. The molecule has 0 bridgehead atoms. The van der Waals surface area contributed by atoms with Crippen molar-refractivity contribution in [2.75, 3.05) is 13.2 Å². The SMILES string of the molecule is CCOc1ccc(S(=O)(=O)N(CC(=O)N[C@@H](C)c2cc(C)c(C)cc2C)C2CCCCC2)cc1. The van der Waals surface area contributed by atoms with E-state index in [1.807, 2.05) is 20.8 Å². The third-order valence-electron chi connectivity index (χ3n) is 6.75. The van der Waals surface area contributed by atoms with Gasteiger partial charge in [0.1, 0.15) is 5.75 Å². The minimum absolute atomic E-state index is 0.172. The van der Waals surface area contributed by atoms with Crippen molar-refractivity contribution in [3.63, 3.8) is 0 Å². The van der Waals surface area contributed by atoms with Crippen LogP contribution in [0.4, 0.5) is 0 Å². The number of amides is 1. The molecule has 2 aromatic carbocycles. The van der Waals surface area contributed by atoms with E-state index in [0.29, 0.717) is 12.4 Å². The van der Waals surface area contributed by atoms with E-state index in [2.05, 4.69) is 31.3 Å². The van der Waals surface area contributed by atoms with Gasteiger partial charge in [0.25, 0.3) is 0 Å². The monoisotopic (exact) mass is 486 g/mol. The third kappa shape index (κ3) is 6.19.